The van der Waals surface area contributed by atoms with Crippen molar-refractivity contribution in [1.82, 2.24) is 10.2 Å². The van der Waals surface area contributed by atoms with Crippen molar-refractivity contribution < 1.29 is 8.42 Å². The van der Waals surface area contributed by atoms with E-state index in [0.29, 0.717) is 10.6 Å². The molecule has 1 aromatic heterocycles. The topological polar surface area (TPSA) is 74.8 Å². The van der Waals surface area contributed by atoms with Crippen molar-refractivity contribution in [1.29, 1.82) is 0 Å². The first-order valence-electron chi connectivity index (χ1n) is 7.33. The SMILES string of the molecule is Cc1cc(C)c(C)c(S(=O)(=O)Nc2cccc3[nH]ncc23)c1C. The minimum Gasteiger partial charge on any atom is -0.279 e. The molecule has 0 saturated heterocycles. The molecule has 0 amide bonds. The van der Waals surface area contributed by atoms with Crippen LogP contribution in [-0.2, 0) is 10.0 Å². The Balaban J connectivity index is 2.15. The minimum absolute atomic E-state index is 0.357. The number of aromatic amines is 1. The van der Waals surface area contributed by atoms with E-state index >= 15 is 0 Å². The predicted octanol–water partition coefficient (Wildman–Crippen LogP) is 3.60. The van der Waals surface area contributed by atoms with Gasteiger partial charge in [-0.05, 0) is 62.1 Å². The third-order valence-corrected chi connectivity index (χ3v) is 5.93. The summed E-state index contributed by atoms with van der Waals surface area (Å²) in [6, 6.07) is 7.40. The lowest BCUT2D eigenvalue weighted by molar-refractivity contribution is 0.599. The van der Waals surface area contributed by atoms with Gasteiger partial charge in [0.15, 0.2) is 0 Å². The fourth-order valence-electron chi connectivity index (χ4n) is 2.84. The molecule has 2 aromatic carbocycles. The highest BCUT2D eigenvalue weighted by Crippen LogP contribution is 2.29. The summed E-state index contributed by atoms with van der Waals surface area (Å²) in [5.41, 5.74) is 4.80. The summed E-state index contributed by atoms with van der Waals surface area (Å²) >= 11 is 0. The van der Waals surface area contributed by atoms with E-state index in [9.17, 15) is 8.42 Å². The zero-order valence-electron chi connectivity index (χ0n) is 13.6. The Morgan fingerprint density at radius 1 is 1.04 bits per heavy atom. The molecule has 0 fully saturated rings. The second-order valence-corrected chi connectivity index (χ2v) is 7.45. The second-order valence-electron chi connectivity index (χ2n) is 5.83. The van der Waals surface area contributed by atoms with Crippen LogP contribution >= 0.6 is 0 Å². The van der Waals surface area contributed by atoms with Crippen LogP contribution in [0.3, 0.4) is 0 Å². The van der Waals surface area contributed by atoms with Crippen LogP contribution in [0.4, 0.5) is 5.69 Å². The average molecular weight is 329 g/mol. The summed E-state index contributed by atoms with van der Waals surface area (Å²) in [5.74, 6) is 0. The number of aryl methyl sites for hydroxylation is 2. The molecule has 0 aliphatic carbocycles. The van der Waals surface area contributed by atoms with Crippen LogP contribution in [0.5, 0.6) is 0 Å². The van der Waals surface area contributed by atoms with Gasteiger partial charge in [0.25, 0.3) is 10.0 Å². The Morgan fingerprint density at radius 3 is 2.35 bits per heavy atom. The molecule has 23 heavy (non-hydrogen) atoms. The Labute approximate surface area is 135 Å². The number of nitrogens with one attached hydrogen (secondary N) is 2. The maximum Gasteiger partial charge on any atom is 0.262 e. The zero-order valence-corrected chi connectivity index (χ0v) is 14.4. The van der Waals surface area contributed by atoms with Gasteiger partial charge in [0.1, 0.15) is 0 Å². The van der Waals surface area contributed by atoms with E-state index < -0.39 is 10.0 Å². The van der Waals surface area contributed by atoms with Crippen LogP contribution < -0.4 is 4.72 Å². The van der Waals surface area contributed by atoms with Crippen LogP contribution in [-0.4, -0.2) is 18.6 Å². The largest absolute Gasteiger partial charge is 0.279 e. The Kier molecular flexibility index (Phi) is 3.64. The number of benzene rings is 2. The van der Waals surface area contributed by atoms with Gasteiger partial charge >= 0.3 is 0 Å². The van der Waals surface area contributed by atoms with Crippen molar-refractivity contribution in [2.45, 2.75) is 32.6 Å². The molecule has 2 N–H and O–H groups in total. The standard InChI is InChI=1S/C17H19N3O2S/c1-10-8-11(2)13(4)17(12(10)3)23(21,22)20-16-7-5-6-15-14(16)9-18-19-15/h5-9,20H,1-4H3,(H,18,19). The van der Waals surface area contributed by atoms with Gasteiger partial charge in [-0.1, -0.05) is 12.1 Å². The van der Waals surface area contributed by atoms with E-state index in [4.69, 9.17) is 0 Å². The quantitative estimate of drug-likeness (QED) is 0.771. The number of aromatic nitrogens is 2. The molecule has 0 saturated carbocycles. The number of nitrogens with zero attached hydrogens (tertiary/aromatic N) is 1. The van der Waals surface area contributed by atoms with Gasteiger partial charge in [-0.3, -0.25) is 9.82 Å². The number of rotatable bonds is 3. The van der Waals surface area contributed by atoms with Gasteiger partial charge in [0.2, 0.25) is 0 Å². The number of hydrogen-bond donors (Lipinski definition) is 2. The fraction of sp³-hybridized carbons (Fsp3) is 0.235. The van der Waals surface area contributed by atoms with Gasteiger partial charge in [0.05, 0.1) is 22.3 Å². The number of sulfonamides is 1. The predicted molar refractivity (Wildman–Crippen MR) is 92.3 cm³/mol. The molecule has 6 heteroatoms. The van der Waals surface area contributed by atoms with Crippen LogP contribution in [0.25, 0.3) is 10.9 Å². The average Bonchev–Trinajstić information content (AvgIpc) is 2.94. The molecule has 0 atom stereocenters. The molecule has 3 rings (SSSR count). The second kappa shape index (κ2) is 5.38. The first-order chi connectivity index (χ1) is 10.8. The maximum atomic E-state index is 13.0. The van der Waals surface area contributed by atoms with Crippen molar-refractivity contribution in [3.63, 3.8) is 0 Å². The van der Waals surface area contributed by atoms with Gasteiger partial charge in [-0.25, -0.2) is 8.42 Å². The van der Waals surface area contributed by atoms with Gasteiger partial charge in [-0.2, -0.15) is 5.10 Å². The number of H-pyrrole nitrogens is 1. The molecule has 1 heterocycles. The summed E-state index contributed by atoms with van der Waals surface area (Å²) in [6.07, 6.45) is 1.62. The Morgan fingerprint density at radius 2 is 1.70 bits per heavy atom. The third-order valence-electron chi connectivity index (χ3n) is 4.30. The highest BCUT2D eigenvalue weighted by molar-refractivity contribution is 7.92. The van der Waals surface area contributed by atoms with E-state index in [-0.39, 0.29) is 0 Å². The van der Waals surface area contributed by atoms with Gasteiger partial charge < -0.3 is 0 Å². The van der Waals surface area contributed by atoms with E-state index in [1.54, 1.807) is 18.3 Å². The molecule has 0 aliphatic heterocycles. The molecule has 0 spiro atoms. The van der Waals surface area contributed by atoms with Crippen molar-refractivity contribution in [2.24, 2.45) is 0 Å². The Hall–Kier alpha value is -2.34. The van der Waals surface area contributed by atoms with Gasteiger partial charge in [0, 0.05) is 5.39 Å². The van der Waals surface area contributed by atoms with Crippen molar-refractivity contribution in [2.75, 3.05) is 4.72 Å². The molecule has 0 bridgehead atoms. The lowest BCUT2D eigenvalue weighted by Crippen LogP contribution is -2.17. The molecule has 5 nitrogen and oxygen atoms in total. The van der Waals surface area contributed by atoms with E-state index in [0.717, 1.165) is 33.2 Å². The van der Waals surface area contributed by atoms with E-state index in [1.807, 2.05) is 39.8 Å². The van der Waals surface area contributed by atoms with Crippen molar-refractivity contribution >= 4 is 26.6 Å². The summed E-state index contributed by atoms with van der Waals surface area (Å²) in [5, 5.41) is 7.56. The van der Waals surface area contributed by atoms with Crippen molar-refractivity contribution in [3.8, 4) is 0 Å². The van der Waals surface area contributed by atoms with Crippen LogP contribution in [0, 0.1) is 27.7 Å². The van der Waals surface area contributed by atoms with Crippen LogP contribution in [0.15, 0.2) is 35.4 Å². The highest BCUT2D eigenvalue weighted by Gasteiger charge is 2.23. The normalized spacial score (nSPS) is 11.8. The van der Waals surface area contributed by atoms with Crippen LogP contribution in [0.1, 0.15) is 22.3 Å². The molecule has 0 unspecified atom stereocenters. The lowest BCUT2D eigenvalue weighted by atomic mass is 10.0. The first-order valence-corrected chi connectivity index (χ1v) is 8.82. The monoisotopic (exact) mass is 329 g/mol. The molecular formula is C17H19N3O2S. The van der Waals surface area contributed by atoms with E-state index in [2.05, 4.69) is 14.9 Å². The summed E-state index contributed by atoms with van der Waals surface area (Å²) in [7, 11) is -3.68. The molecular weight excluding hydrogens is 310 g/mol. The number of hydrogen-bond acceptors (Lipinski definition) is 3. The number of fused-ring (bicyclic) bond motifs is 1. The molecule has 0 radical (unpaired) electrons. The van der Waals surface area contributed by atoms with Crippen molar-refractivity contribution in [3.05, 3.63) is 52.7 Å². The molecule has 120 valence electrons. The Bertz CT molecular complexity index is 978. The maximum absolute atomic E-state index is 13.0. The summed E-state index contributed by atoms with van der Waals surface area (Å²) in [6.45, 7) is 7.54. The molecule has 0 aliphatic rings. The smallest absolute Gasteiger partial charge is 0.262 e. The fourth-order valence-corrected chi connectivity index (χ4v) is 4.53. The first kappa shape index (κ1) is 15.6. The minimum atomic E-state index is -3.68. The van der Waals surface area contributed by atoms with Gasteiger partial charge in [-0.15, -0.1) is 0 Å². The third kappa shape index (κ3) is 2.59. The summed E-state index contributed by atoms with van der Waals surface area (Å²) in [4.78, 5) is 0.357. The van der Waals surface area contributed by atoms with Crippen LogP contribution in [0.2, 0.25) is 0 Å². The zero-order chi connectivity index (χ0) is 16.8. The summed E-state index contributed by atoms with van der Waals surface area (Å²) < 4.78 is 28.7. The highest BCUT2D eigenvalue weighted by atomic mass is 32.2. The lowest BCUT2D eigenvalue weighted by Gasteiger charge is -2.17. The number of anilines is 1. The van der Waals surface area contributed by atoms with E-state index in [1.165, 1.54) is 0 Å². The molecule has 3 aromatic rings.